The molecule has 0 amide bonds. The summed E-state index contributed by atoms with van der Waals surface area (Å²) in [6.45, 7) is 3.70. The van der Waals surface area contributed by atoms with Gasteiger partial charge in [0.2, 0.25) is 0 Å². The standard InChI is InChI=1S/C45H80O12S/c1-3-5-7-9-11-13-15-17-19-21-23-25-27-29-31-33-40(46)54-35-38(36-55-45-44(50)43(49)42(48)39(57-45)37-58(51,52)53)56-41(47)34-32-30-28-26-24-22-20-18-16-14-12-10-8-6-4-2/h12,14,18,20,24,26,38-39,42-45,48-50H,3-11,13,15-17,19,21-23,25,27-37H2,1-2H3,(H,51,52,53)/b14-12+,20-18+,26-24+/t38-,39-,42-,43?,44?,45+/m1/s1. The largest absolute Gasteiger partial charge is 0.462 e. The van der Waals surface area contributed by atoms with E-state index in [9.17, 15) is 37.9 Å². The molecule has 0 aromatic heterocycles. The van der Waals surface area contributed by atoms with Gasteiger partial charge in [0.1, 0.15) is 36.8 Å². The molecular formula is C45H80O12S. The Labute approximate surface area is 351 Å². The first-order chi connectivity index (χ1) is 28.0. The van der Waals surface area contributed by atoms with E-state index in [1.807, 2.05) is 0 Å². The van der Waals surface area contributed by atoms with Crippen molar-refractivity contribution in [1.82, 2.24) is 0 Å². The van der Waals surface area contributed by atoms with E-state index in [1.165, 1.54) is 89.9 Å². The third kappa shape index (κ3) is 30.0. The Morgan fingerprint density at radius 1 is 0.586 bits per heavy atom. The van der Waals surface area contributed by atoms with E-state index in [2.05, 4.69) is 50.3 Å². The summed E-state index contributed by atoms with van der Waals surface area (Å²) in [6.07, 6.45) is 30.5. The number of allylic oxidation sites excluding steroid dienone is 6. The average molecular weight is 845 g/mol. The number of carbonyl (C=O) groups excluding carboxylic acids is 2. The molecule has 0 spiro atoms. The fraction of sp³-hybridized carbons (Fsp3) is 0.822. The summed E-state index contributed by atoms with van der Waals surface area (Å²) in [5, 5.41) is 30.9. The molecule has 1 aliphatic heterocycles. The van der Waals surface area contributed by atoms with Crippen LogP contribution in [0.25, 0.3) is 0 Å². The van der Waals surface area contributed by atoms with Gasteiger partial charge in [-0.15, -0.1) is 0 Å². The van der Waals surface area contributed by atoms with E-state index in [0.717, 1.165) is 51.4 Å². The van der Waals surface area contributed by atoms with Gasteiger partial charge in [-0.2, -0.15) is 8.42 Å². The van der Waals surface area contributed by atoms with Gasteiger partial charge < -0.3 is 34.3 Å². The maximum atomic E-state index is 12.8. The molecule has 338 valence electrons. The molecule has 0 aromatic rings. The summed E-state index contributed by atoms with van der Waals surface area (Å²) < 4.78 is 54.0. The third-order valence-electron chi connectivity index (χ3n) is 10.2. The summed E-state index contributed by atoms with van der Waals surface area (Å²) in [6, 6.07) is 0. The monoisotopic (exact) mass is 845 g/mol. The Morgan fingerprint density at radius 3 is 1.57 bits per heavy atom. The van der Waals surface area contributed by atoms with Gasteiger partial charge in [-0.1, -0.05) is 153 Å². The van der Waals surface area contributed by atoms with Gasteiger partial charge in [-0.05, 0) is 51.4 Å². The van der Waals surface area contributed by atoms with Crippen molar-refractivity contribution in [1.29, 1.82) is 0 Å². The molecule has 58 heavy (non-hydrogen) atoms. The maximum Gasteiger partial charge on any atom is 0.306 e. The quantitative estimate of drug-likeness (QED) is 0.0202. The molecule has 12 nitrogen and oxygen atoms in total. The van der Waals surface area contributed by atoms with Crippen molar-refractivity contribution < 1.29 is 56.8 Å². The fourth-order valence-electron chi connectivity index (χ4n) is 6.68. The predicted molar refractivity (Wildman–Crippen MR) is 229 cm³/mol. The smallest absolute Gasteiger partial charge is 0.306 e. The molecule has 13 heteroatoms. The molecule has 1 aliphatic rings. The summed E-state index contributed by atoms with van der Waals surface area (Å²) >= 11 is 0. The van der Waals surface area contributed by atoms with Crippen LogP contribution in [0.5, 0.6) is 0 Å². The van der Waals surface area contributed by atoms with E-state index in [0.29, 0.717) is 12.8 Å². The number of rotatable bonds is 37. The molecule has 0 saturated carbocycles. The van der Waals surface area contributed by atoms with Gasteiger partial charge in [0, 0.05) is 12.8 Å². The minimum absolute atomic E-state index is 0.117. The lowest BCUT2D eigenvalue weighted by atomic mass is 10.00. The third-order valence-corrected chi connectivity index (χ3v) is 11.0. The Hall–Kier alpha value is -2.13. The summed E-state index contributed by atoms with van der Waals surface area (Å²) in [5.41, 5.74) is 0. The lowest BCUT2D eigenvalue weighted by molar-refractivity contribution is -0.297. The second kappa shape index (κ2) is 35.6. The lowest BCUT2D eigenvalue weighted by Crippen LogP contribution is -2.60. The summed E-state index contributed by atoms with van der Waals surface area (Å²) in [5.74, 6) is -2.03. The second-order valence-corrected chi connectivity index (χ2v) is 17.2. The van der Waals surface area contributed by atoms with Crippen LogP contribution in [0, 0.1) is 0 Å². The van der Waals surface area contributed by atoms with Crippen LogP contribution in [0.1, 0.15) is 181 Å². The molecule has 1 rings (SSSR count). The molecule has 1 fully saturated rings. The van der Waals surface area contributed by atoms with Crippen molar-refractivity contribution in [2.24, 2.45) is 0 Å². The van der Waals surface area contributed by atoms with Gasteiger partial charge in [-0.25, -0.2) is 0 Å². The lowest BCUT2D eigenvalue weighted by Gasteiger charge is -2.40. The van der Waals surface area contributed by atoms with Gasteiger partial charge in [0.15, 0.2) is 12.4 Å². The molecule has 0 radical (unpaired) electrons. The molecule has 1 heterocycles. The normalized spacial score (nSPS) is 20.7. The van der Waals surface area contributed by atoms with Crippen LogP contribution in [0.15, 0.2) is 36.5 Å². The highest BCUT2D eigenvalue weighted by molar-refractivity contribution is 7.85. The predicted octanol–water partition coefficient (Wildman–Crippen LogP) is 9.00. The van der Waals surface area contributed by atoms with Crippen molar-refractivity contribution in [2.45, 2.75) is 218 Å². The fourth-order valence-corrected chi connectivity index (χ4v) is 7.37. The van der Waals surface area contributed by atoms with Crippen molar-refractivity contribution in [2.75, 3.05) is 19.0 Å². The number of unbranched alkanes of at least 4 members (excludes halogenated alkanes) is 19. The van der Waals surface area contributed by atoms with Gasteiger partial charge in [0.05, 0.1) is 6.61 Å². The van der Waals surface area contributed by atoms with Gasteiger partial charge >= 0.3 is 11.9 Å². The molecule has 2 unspecified atom stereocenters. The van der Waals surface area contributed by atoms with Crippen molar-refractivity contribution in [3.05, 3.63) is 36.5 Å². The highest BCUT2D eigenvalue weighted by Gasteiger charge is 2.46. The van der Waals surface area contributed by atoms with E-state index in [-0.39, 0.29) is 19.4 Å². The topological polar surface area (TPSA) is 186 Å². The van der Waals surface area contributed by atoms with Crippen LogP contribution in [-0.4, -0.2) is 96.0 Å². The number of esters is 2. The zero-order chi connectivity index (χ0) is 42.7. The molecule has 0 aliphatic carbocycles. The molecule has 4 N–H and O–H groups in total. The average Bonchev–Trinajstić information content (AvgIpc) is 3.18. The van der Waals surface area contributed by atoms with E-state index in [1.54, 1.807) is 0 Å². The zero-order valence-corrected chi connectivity index (χ0v) is 36.7. The van der Waals surface area contributed by atoms with Crippen molar-refractivity contribution in [3.63, 3.8) is 0 Å². The Kier molecular flexibility index (Phi) is 33.1. The minimum atomic E-state index is -4.61. The highest BCUT2D eigenvalue weighted by atomic mass is 32.2. The van der Waals surface area contributed by atoms with Crippen LogP contribution in [-0.2, 0) is 38.7 Å². The van der Waals surface area contributed by atoms with Crippen LogP contribution in [0.4, 0.5) is 0 Å². The van der Waals surface area contributed by atoms with E-state index >= 15 is 0 Å². The van der Waals surface area contributed by atoms with Crippen molar-refractivity contribution >= 4 is 22.1 Å². The number of ether oxygens (including phenoxy) is 4. The SMILES string of the molecule is CCCCC/C=C/C/C=C/C/C=C/CCCCC(=O)O[C@H](COC(=O)CCCCCCCCCCCCCCCCC)CO[C@H]1O[C@H](CS(=O)(=O)O)[C@@H](O)C(O)C1O. The van der Waals surface area contributed by atoms with Crippen LogP contribution < -0.4 is 0 Å². The number of aliphatic hydroxyl groups is 3. The summed E-state index contributed by atoms with van der Waals surface area (Å²) in [4.78, 5) is 25.4. The zero-order valence-electron chi connectivity index (χ0n) is 35.9. The van der Waals surface area contributed by atoms with Crippen LogP contribution >= 0.6 is 0 Å². The molecule has 0 aromatic carbocycles. The number of carbonyl (C=O) groups is 2. The highest BCUT2D eigenvalue weighted by Crippen LogP contribution is 2.24. The van der Waals surface area contributed by atoms with Crippen LogP contribution in [0.2, 0.25) is 0 Å². The molecule has 1 saturated heterocycles. The van der Waals surface area contributed by atoms with Gasteiger partial charge in [0.25, 0.3) is 10.1 Å². The second-order valence-electron chi connectivity index (χ2n) is 15.7. The first kappa shape index (κ1) is 53.9. The first-order valence-electron chi connectivity index (χ1n) is 22.5. The first-order valence-corrected chi connectivity index (χ1v) is 24.2. The number of hydrogen-bond donors (Lipinski definition) is 4. The number of aliphatic hydroxyl groups excluding tert-OH is 3. The van der Waals surface area contributed by atoms with E-state index < -0.39 is 71.2 Å². The minimum Gasteiger partial charge on any atom is -0.462 e. The summed E-state index contributed by atoms with van der Waals surface area (Å²) in [7, 11) is -4.61. The molecular weight excluding hydrogens is 765 g/mol. The Morgan fingerprint density at radius 2 is 1.03 bits per heavy atom. The Balaban J connectivity index is 2.48. The maximum absolute atomic E-state index is 12.8. The van der Waals surface area contributed by atoms with Gasteiger partial charge in [-0.3, -0.25) is 14.1 Å². The number of hydrogen-bond acceptors (Lipinski definition) is 11. The van der Waals surface area contributed by atoms with Crippen molar-refractivity contribution in [3.8, 4) is 0 Å². The molecule has 6 atom stereocenters. The molecule has 0 bridgehead atoms. The Bertz CT molecular complexity index is 1220. The van der Waals surface area contributed by atoms with E-state index in [4.69, 9.17) is 18.9 Å². The van der Waals surface area contributed by atoms with Crippen LogP contribution in [0.3, 0.4) is 0 Å².